The molecule has 3 aliphatic rings. The Morgan fingerprint density at radius 1 is 1.18 bits per heavy atom. The summed E-state index contributed by atoms with van der Waals surface area (Å²) < 4.78 is 6.45. The lowest BCUT2D eigenvalue weighted by Crippen LogP contribution is -2.58. The van der Waals surface area contributed by atoms with Crippen molar-refractivity contribution in [1.82, 2.24) is 4.90 Å². The van der Waals surface area contributed by atoms with E-state index in [-0.39, 0.29) is 24.0 Å². The van der Waals surface area contributed by atoms with Crippen molar-refractivity contribution in [3.63, 3.8) is 0 Å². The Labute approximate surface area is 132 Å². The zero-order valence-corrected chi connectivity index (χ0v) is 13.2. The number of allylic oxidation sites excluding steroid dienone is 2. The van der Waals surface area contributed by atoms with Gasteiger partial charge in [-0.15, -0.1) is 0 Å². The molecular formula is C19H23NO2. The number of nitrogens with zero attached hydrogens (tertiary/aromatic N) is 1. The van der Waals surface area contributed by atoms with Crippen molar-refractivity contribution in [3.05, 3.63) is 48.0 Å². The maximum absolute atomic E-state index is 13.0. The Bertz CT molecular complexity index is 611. The molecule has 3 nitrogen and oxygen atoms in total. The molecule has 3 heteroatoms. The Morgan fingerprint density at radius 3 is 2.68 bits per heavy atom. The number of amides is 1. The second kappa shape index (κ2) is 4.95. The molecule has 0 bridgehead atoms. The highest BCUT2D eigenvalue weighted by molar-refractivity contribution is 5.82. The molecule has 0 spiro atoms. The first kappa shape index (κ1) is 14.0. The highest BCUT2D eigenvalue weighted by atomic mass is 16.5. The fraction of sp³-hybridized carbons (Fsp3) is 0.526. The van der Waals surface area contributed by atoms with Crippen LogP contribution in [0.4, 0.5) is 0 Å². The largest absolute Gasteiger partial charge is 0.346 e. The summed E-state index contributed by atoms with van der Waals surface area (Å²) in [5.41, 5.74) is 0.711. The molecule has 2 heterocycles. The lowest BCUT2D eigenvalue weighted by atomic mass is 9.74. The van der Waals surface area contributed by atoms with Gasteiger partial charge in [-0.05, 0) is 44.6 Å². The van der Waals surface area contributed by atoms with Crippen LogP contribution >= 0.6 is 0 Å². The molecular weight excluding hydrogens is 274 g/mol. The van der Waals surface area contributed by atoms with Gasteiger partial charge >= 0.3 is 0 Å². The molecule has 1 aliphatic carbocycles. The summed E-state index contributed by atoms with van der Waals surface area (Å²) in [6.45, 7) is 4.22. The van der Waals surface area contributed by atoms with Crippen LogP contribution in [0, 0.1) is 11.8 Å². The lowest BCUT2D eigenvalue weighted by Gasteiger charge is -2.47. The predicted octanol–water partition coefficient (Wildman–Crippen LogP) is 3.68. The molecule has 1 amide bonds. The third kappa shape index (κ3) is 1.95. The van der Waals surface area contributed by atoms with Gasteiger partial charge < -0.3 is 9.64 Å². The Kier molecular flexibility index (Phi) is 3.15. The molecule has 22 heavy (non-hydrogen) atoms. The number of fused-ring (bicyclic) bond motifs is 2. The number of benzene rings is 1. The summed E-state index contributed by atoms with van der Waals surface area (Å²) in [7, 11) is 0. The molecule has 0 aromatic heterocycles. The molecule has 2 saturated heterocycles. The molecule has 4 rings (SSSR count). The van der Waals surface area contributed by atoms with Crippen molar-refractivity contribution >= 4 is 5.91 Å². The normalized spacial score (nSPS) is 40.5. The van der Waals surface area contributed by atoms with E-state index in [1.165, 1.54) is 5.56 Å². The van der Waals surface area contributed by atoms with E-state index in [4.69, 9.17) is 4.74 Å². The summed E-state index contributed by atoms with van der Waals surface area (Å²) in [4.78, 5) is 15.1. The SMILES string of the molecule is C[C@@H]1[C@H](c2ccccc2)O[C@@]2(C)C[C@H]3CC=CC[C@@H]3C(=O)N12. The Hall–Kier alpha value is -1.61. The molecule has 2 aliphatic heterocycles. The van der Waals surface area contributed by atoms with Gasteiger partial charge in [-0.1, -0.05) is 42.5 Å². The molecule has 0 unspecified atom stereocenters. The van der Waals surface area contributed by atoms with Crippen molar-refractivity contribution in [2.75, 3.05) is 0 Å². The van der Waals surface area contributed by atoms with E-state index in [1.54, 1.807) is 0 Å². The standard InChI is InChI=1S/C19H23NO2/c1-13-17(14-8-4-3-5-9-14)22-19(2)12-15-10-6-7-11-16(15)18(21)20(13)19/h3-9,13,15-17H,10-12H2,1-2H3/t13-,15-,16+,17-,19+/m1/s1. The van der Waals surface area contributed by atoms with E-state index < -0.39 is 5.72 Å². The monoisotopic (exact) mass is 297 g/mol. The zero-order valence-electron chi connectivity index (χ0n) is 13.2. The van der Waals surface area contributed by atoms with Crippen LogP contribution in [0.3, 0.4) is 0 Å². The van der Waals surface area contributed by atoms with E-state index in [2.05, 4.69) is 38.1 Å². The Balaban J connectivity index is 1.69. The molecule has 0 saturated carbocycles. The van der Waals surface area contributed by atoms with E-state index in [9.17, 15) is 4.79 Å². The van der Waals surface area contributed by atoms with Crippen molar-refractivity contribution in [2.45, 2.75) is 51.0 Å². The molecule has 0 radical (unpaired) electrons. The zero-order chi connectivity index (χ0) is 15.3. The first-order valence-electron chi connectivity index (χ1n) is 8.31. The van der Waals surface area contributed by atoms with Crippen LogP contribution in [-0.2, 0) is 9.53 Å². The van der Waals surface area contributed by atoms with Crippen LogP contribution in [0.2, 0.25) is 0 Å². The second-order valence-corrected chi connectivity index (χ2v) is 7.09. The van der Waals surface area contributed by atoms with Gasteiger partial charge in [0.05, 0.1) is 6.04 Å². The van der Waals surface area contributed by atoms with Crippen molar-refractivity contribution < 1.29 is 9.53 Å². The third-order valence-corrected chi connectivity index (χ3v) is 5.62. The highest BCUT2D eigenvalue weighted by Crippen LogP contribution is 2.50. The number of carbonyl (C=O) groups excluding carboxylic acids is 1. The molecule has 0 N–H and O–H groups in total. The second-order valence-electron chi connectivity index (χ2n) is 7.09. The van der Waals surface area contributed by atoms with Crippen LogP contribution in [0.1, 0.15) is 44.8 Å². The number of ether oxygens (including phenoxy) is 1. The van der Waals surface area contributed by atoms with Gasteiger partial charge in [0, 0.05) is 5.92 Å². The topological polar surface area (TPSA) is 29.5 Å². The summed E-state index contributed by atoms with van der Waals surface area (Å²) in [6, 6.07) is 10.4. The van der Waals surface area contributed by atoms with Gasteiger partial charge in [-0.25, -0.2) is 0 Å². The minimum atomic E-state index is -0.455. The maximum Gasteiger partial charge on any atom is 0.228 e. The predicted molar refractivity (Wildman–Crippen MR) is 85.0 cm³/mol. The van der Waals surface area contributed by atoms with Crippen LogP contribution in [0.25, 0.3) is 0 Å². The van der Waals surface area contributed by atoms with Crippen molar-refractivity contribution in [2.24, 2.45) is 11.8 Å². The van der Waals surface area contributed by atoms with Crippen molar-refractivity contribution in [3.8, 4) is 0 Å². The maximum atomic E-state index is 13.0. The van der Waals surface area contributed by atoms with Crippen LogP contribution in [0.15, 0.2) is 42.5 Å². The van der Waals surface area contributed by atoms with Gasteiger partial charge in [0.15, 0.2) is 0 Å². The quantitative estimate of drug-likeness (QED) is 0.740. The summed E-state index contributed by atoms with van der Waals surface area (Å²) >= 11 is 0. The summed E-state index contributed by atoms with van der Waals surface area (Å²) in [6.07, 6.45) is 7.20. The molecule has 1 aromatic carbocycles. The van der Waals surface area contributed by atoms with E-state index in [0.717, 1.165) is 19.3 Å². The minimum absolute atomic E-state index is 0.0248. The van der Waals surface area contributed by atoms with Gasteiger partial charge in [-0.3, -0.25) is 4.79 Å². The lowest BCUT2D eigenvalue weighted by molar-refractivity contribution is -0.173. The number of hydrogen-bond acceptors (Lipinski definition) is 2. The molecule has 116 valence electrons. The number of piperidine rings is 1. The fourth-order valence-corrected chi connectivity index (χ4v) is 4.63. The van der Waals surface area contributed by atoms with Crippen molar-refractivity contribution in [1.29, 1.82) is 0 Å². The average Bonchev–Trinajstić information content (AvgIpc) is 2.80. The van der Waals surface area contributed by atoms with E-state index >= 15 is 0 Å². The van der Waals surface area contributed by atoms with Gasteiger partial charge in [-0.2, -0.15) is 0 Å². The number of carbonyl (C=O) groups is 1. The molecule has 5 atom stereocenters. The smallest absolute Gasteiger partial charge is 0.228 e. The van der Waals surface area contributed by atoms with Crippen LogP contribution in [0.5, 0.6) is 0 Å². The summed E-state index contributed by atoms with van der Waals surface area (Å²) in [5.74, 6) is 0.869. The average molecular weight is 297 g/mol. The third-order valence-electron chi connectivity index (χ3n) is 5.62. The van der Waals surface area contributed by atoms with Crippen LogP contribution in [-0.4, -0.2) is 22.6 Å². The van der Waals surface area contributed by atoms with Gasteiger partial charge in [0.1, 0.15) is 11.8 Å². The number of rotatable bonds is 1. The Morgan fingerprint density at radius 2 is 1.91 bits per heavy atom. The first-order valence-corrected chi connectivity index (χ1v) is 8.31. The molecule has 1 aromatic rings. The van der Waals surface area contributed by atoms with E-state index in [1.807, 2.05) is 23.1 Å². The summed E-state index contributed by atoms with van der Waals surface area (Å²) in [5, 5.41) is 0. The van der Waals surface area contributed by atoms with Gasteiger partial charge in [0.2, 0.25) is 5.91 Å². The van der Waals surface area contributed by atoms with E-state index in [0.29, 0.717) is 5.92 Å². The number of hydrogen-bond donors (Lipinski definition) is 0. The fourth-order valence-electron chi connectivity index (χ4n) is 4.63. The molecule has 2 fully saturated rings. The highest BCUT2D eigenvalue weighted by Gasteiger charge is 2.57. The first-order chi connectivity index (χ1) is 10.6. The van der Waals surface area contributed by atoms with Crippen LogP contribution < -0.4 is 0 Å². The van der Waals surface area contributed by atoms with Gasteiger partial charge in [0.25, 0.3) is 0 Å². The minimum Gasteiger partial charge on any atom is -0.346 e.